The maximum Gasteiger partial charge on any atom is 0.224 e. The van der Waals surface area contributed by atoms with E-state index >= 15 is 0 Å². The monoisotopic (exact) mass is 102 g/mol. The van der Waals surface area contributed by atoms with Crippen molar-refractivity contribution >= 4 is 0 Å². The summed E-state index contributed by atoms with van der Waals surface area (Å²) >= 11 is 0. The van der Waals surface area contributed by atoms with Crippen molar-refractivity contribution in [1.29, 1.82) is 0 Å². The summed E-state index contributed by atoms with van der Waals surface area (Å²) in [6, 6.07) is 0. The van der Waals surface area contributed by atoms with Gasteiger partial charge in [-0.3, -0.25) is 0 Å². The molecule has 0 aromatic carbocycles. The highest BCUT2D eigenvalue weighted by molar-refractivity contribution is 4.50. The topological polar surface area (TPSA) is 25.1 Å². The quantitative estimate of drug-likeness (QED) is 0.388. The van der Waals surface area contributed by atoms with Crippen molar-refractivity contribution < 1.29 is 9.78 Å². The molecule has 2 nitrogen and oxygen atoms in total. The van der Waals surface area contributed by atoms with E-state index in [-0.39, 0.29) is 6.29 Å². The first-order chi connectivity index (χ1) is 3.29. The van der Waals surface area contributed by atoms with Crippen LogP contribution >= 0.6 is 0 Å². The van der Waals surface area contributed by atoms with Gasteiger partial charge in [0.15, 0.2) is 0 Å². The second kappa shape index (κ2) is 1.80. The lowest BCUT2D eigenvalue weighted by molar-refractivity contribution is 0.0850. The number of hydrogen-bond donors (Lipinski definition) is 0. The SMILES string of the molecule is CC(C)CC1OO1. The first kappa shape index (κ1) is 5.06. The van der Waals surface area contributed by atoms with Gasteiger partial charge in [0.25, 0.3) is 0 Å². The fourth-order valence-corrected chi connectivity index (χ4v) is 0.503. The lowest BCUT2D eigenvalue weighted by Crippen LogP contribution is -1.91. The number of rotatable bonds is 2. The standard InChI is InChI=1S/C5H10O2/c1-4(2)3-5-6-7-5/h4-5H,3H2,1-2H3. The van der Waals surface area contributed by atoms with Gasteiger partial charge in [0, 0.05) is 6.42 Å². The molecule has 1 fully saturated rings. The van der Waals surface area contributed by atoms with Crippen LogP contribution in [0.15, 0.2) is 0 Å². The molecular weight excluding hydrogens is 92.1 g/mol. The Labute approximate surface area is 43.3 Å². The molecule has 0 saturated carbocycles. The highest BCUT2D eigenvalue weighted by Gasteiger charge is 2.25. The maximum atomic E-state index is 4.52. The zero-order valence-corrected chi connectivity index (χ0v) is 4.68. The number of hydrogen-bond acceptors (Lipinski definition) is 2. The smallest absolute Gasteiger partial charge is 0.199 e. The van der Waals surface area contributed by atoms with Crippen LogP contribution in [0.25, 0.3) is 0 Å². The van der Waals surface area contributed by atoms with Crippen LogP contribution < -0.4 is 0 Å². The van der Waals surface area contributed by atoms with Gasteiger partial charge in [-0.15, -0.1) is 0 Å². The molecule has 1 aliphatic rings. The zero-order chi connectivity index (χ0) is 5.28. The first-order valence-electron chi connectivity index (χ1n) is 2.61. The van der Waals surface area contributed by atoms with Crippen molar-refractivity contribution in [3.63, 3.8) is 0 Å². The summed E-state index contributed by atoms with van der Waals surface area (Å²) in [7, 11) is 0. The van der Waals surface area contributed by atoms with Crippen LogP contribution in [-0.4, -0.2) is 6.29 Å². The fraction of sp³-hybridized carbons (Fsp3) is 1.00. The Balaban J connectivity index is 1.97. The summed E-state index contributed by atoms with van der Waals surface area (Å²) in [6.45, 7) is 4.29. The Morgan fingerprint density at radius 2 is 2.00 bits per heavy atom. The second-order valence-corrected chi connectivity index (χ2v) is 2.25. The average Bonchev–Trinajstić information content (AvgIpc) is 2.17. The van der Waals surface area contributed by atoms with E-state index < -0.39 is 0 Å². The highest BCUT2D eigenvalue weighted by atomic mass is 17.4. The van der Waals surface area contributed by atoms with E-state index in [1.54, 1.807) is 0 Å². The third-order valence-electron chi connectivity index (χ3n) is 0.896. The predicted octanol–water partition coefficient (Wildman–Crippen LogP) is 1.32. The Bertz CT molecular complexity index is 57.1. The molecule has 1 aliphatic heterocycles. The van der Waals surface area contributed by atoms with Crippen LogP contribution in [0.3, 0.4) is 0 Å². The van der Waals surface area contributed by atoms with E-state index in [0.29, 0.717) is 5.92 Å². The van der Waals surface area contributed by atoms with Crippen LogP contribution in [0, 0.1) is 5.92 Å². The van der Waals surface area contributed by atoms with Crippen LogP contribution in [0.4, 0.5) is 0 Å². The molecule has 1 heterocycles. The molecule has 0 aromatic rings. The minimum atomic E-state index is 0.125. The lowest BCUT2D eigenvalue weighted by Gasteiger charge is -1.93. The Kier molecular flexibility index (Phi) is 1.30. The molecule has 0 atom stereocenters. The minimum absolute atomic E-state index is 0.125. The Morgan fingerprint density at radius 3 is 2.14 bits per heavy atom. The van der Waals surface area contributed by atoms with E-state index in [2.05, 4.69) is 23.6 Å². The summed E-state index contributed by atoms with van der Waals surface area (Å²) in [5.41, 5.74) is 0. The van der Waals surface area contributed by atoms with Crippen LogP contribution in [0.1, 0.15) is 20.3 Å². The fourth-order valence-electron chi connectivity index (χ4n) is 0.503. The maximum absolute atomic E-state index is 4.52. The van der Waals surface area contributed by atoms with Gasteiger partial charge < -0.3 is 0 Å². The van der Waals surface area contributed by atoms with Crippen LogP contribution in [0.2, 0.25) is 0 Å². The zero-order valence-electron chi connectivity index (χ0n) is 4.68. The van der Waals surface area contributed by atoms with E-state index in [1.807, 2.05) is 0 Å². The molecule has 0 spiro atoms. The summed E-state index contributed by atoms with van der Waals surface area (Å²) in [6.07, 6.45) is 1.15. The van der Waals surface area contributed by atoms with Gasteiger partial charge in [-0.1, -0.05) is 13.8 Å². The largest absolute Gasteiger partial charge is 0.224 e. The molecule has 1 rings (SSSR count). The lowest BCUT2D eigenvalue weighted by atomic mass is 10.1. The molecule has 42 valence electrons. The van der Waals surface area contributed by atoms with Gasteiger partial charge >= 0.3 is 0 Å². The summed E-state index contributed by atoms with van der Waals surface area (Å²) < 4.78 is 0. The van der Waals surface area contributed by atoms with Crippen molar-refractivity contribution in [2.45, 2.75) is 26.6 Å². The molecule has 0 N–H and O–H groups in total. The third kappa shape index (κ3) is 1.90. The molecule has 0 unspecified atom stereocenters. The van der Waals surface area contributed by atoms with E-state index in [9.17, 15) is 0 Å². The van der Waals surface area contributed by atoms with E-state index in [4.69, 9.17) is 0 Å². The van der Waals surface area contributed by atoms with Gasteiger partial charge in [0.05, 0.1) is 0 Å². The molecular formula is C5H10O2. The summed E-state index contributed by atoms with van der Waals surface area (Å²) in [5, 5.41) is 0. The van der Waals surface area contributed by atoms with Crippen molar-refractivity contribution in [3.8, 4) is 0 Å². The van der Waals surface area contributed by atoms with Gasteiger partial charge in [-0.2, -0.15) is 9.78 Å². The van der Waals surface area contributed by atoms with E-state index in [1.165, 1.54) is 0 Å². The van der Waals surface area contributed by atoms with Crippen molar-refractivity contribution in [2.24, 2.45) is 5.92 Å². The van der Waals surface area contributed by atoms with Crippen molar-refractivity contribution in [2.75, 3.05) is 0 Å². The van der Waals surface area contributed by atoms with Crippen LogP contribution in [-0.2, 0) is 9.78 Å². The highest BCUT2D eigenvalue weighted by Crippen LogP contribution is 2.20. The molecule has 0 aliphatic carbocycles. The van der Waals surface area contributed by atoms with Gasteiger partial charge in [-0.25, -0.2) is 0 Å². The Hall–Kier alpha value is -0.0800. The summed E-state index contributed by atoms with van der Waals surface area (Å²) in [5.74, 6) is 0.687. The average molecular weight is 102 g/mol. The molecule has 1 saturated heterocycles. The minimum Gasteiger partial charge on any atom is -0.199 e. The van der Waals surface area contributed by atoms with Crippen molar-refractivity contribution in [3.05, 3.63) is 0 Å². The predicted molar refractivity (Wildman–Crippen MR) is 25.4 cm³/mol. The molecule has 7 heavy (non-hydrogen) atoms. The first-order valence-corrected chi connectivity index (χ1v) is 2.61. The molecule has 0 aromatic heterocycles. The van der Waals surface area contributed by atoms with E-state index in [0.717, 1.165) is 6.42 Å². The van der Waals surface area contributed by atoms with Gasteiger partial charge in [0.2, 0.25) is 6.29 Å². The second-order valence-electron chi connectivity index (χ2n) is 2.25. The molecule has 0 amide bonds. The molecule has 2 heteroatoms. The molecule has 0 radical (unpaired) electrons. The summed E-state index contributed by atoms with van der Waals surface area (Å²) in [4.78, 5) is 9.04. The molecule has 0 bridgehead atoms. The Morgan fingerprint density at radius 1 is 1.43 bits per heavy atom. The normalized spacial score (nSPS) is 21.0. The van der Waals surface area contributed by atoms with Gasteiger partial charge in [-0.05, 0) is 5.92 Å². The third-order valence-corrected chi connectivity index (χ3v) is 0.896. The van der Waals surface area contributed by atoms with Crippen molar-refractivity contribution in [1.82, 2.24) is 0 Å². The van der Waals surface area contributed by atoms with Gasteiger partial charge in [0.1, 0.15) is 0 Å². The van der Waals surface area contributed by atoms with Crippen LogP contribution in [0.5, 0.6) is 0 Å².